The second-order valence-electron chi connectivity index (χ2n) is 4.21. The molecule has 1 N–H and O–H groups in total. The number of hydrogen-bond acceptors (Lipinski definition) is 1. The average Bonchev–Trinajstić information content (AvgIpc) is 2.21. The highest BCUT2D eigenvalue weighted by atomic mass is 79.9. The van der Waals surface area contributed by atoms with Crippen molar-refractivity contribution in [3.05, 3.63) is 0 Å². The molecule has 0 radical (unpaired) electrons. The SMILES string of the molecule is CCCC1CCC(NC(=O)CBr)CC1. The van der Waals surface area contributed by atoms with Crippen molar-refractivity contribution in [3.8, 4) is 0 Å². The highest BCUT2D eigenvalue weighted by Gasteiger charge is 2.21. The summed E-state index contributed by atoms with van der Waals surface area (Å²) in [6, 6.07) is 0.438. The molecular weight excluding hydrogens is 242 g/mol. The third-order valence-corrected chi connectivity index (χ3v) is 3.54. The average molecular weight is 262 g/mol. The molecule has 0 heterocycles. The van der Waals surface area contributed by atoms with E-state index in [1.54, 1.807) is 0 Å². The Hall–Kier alpha value is -0.0500. The highest BCUT2D eigenvalue weighted by molar-refractivity contribution is 9.09. The van der Waals surface area contributed by atoms with Crippen molar-refractivity contribution in [1.82, 2.24) is 5.32 Å². The number of nitrogens with one attached hydrogen (secondary N) is 1. The first-order valence-electron chi connectivity index (χ1n) is 5.61. The molecule has 82 valence electrons. The van der Waals surface area contributed by atoms with Gasteiger partial charge < -0.3 is 5.32 Å². The fourth-order valence-electron chi connectivity index (χ4n) is 2.27. The Morgan fingerprint density at radius 1 is 1.36 bits per heavy atom. The summed E-state index contributed by atoms with van der Waals surface area (Å²) < 4.78 is 0. The van der Waals surface area contributed by atoms with E-state index in [0.29, 0.717) is 11.4 Å². The van der Waals surface area contributed by atoms with Gasteiger partial charge in [-0.15, -0.1) is 0 Å². The third-order valence-electron chi connectivity index (χ3n) is 3.03. The van der Waals surface area contributed by atoms with Crippen LogP contribution in [0, 0.1) is 5.92 Å². The lowest BCUT2D eigenvalue weighted by molar-refractivity contribution is -0.119. The quantitative estimate of drug-likeness (QED) is 0.775. The molecule has 1 fully saturated rings. The fourth-order valence-corrected chi connectivity index (χ4v) is 2.43. The first-order valence-corrected chi connectivity index (χ1v) is 6.73. The van der Waals surface area contributed by atoms with Crippen LogP contribution in [0.15, 0.2) is 0 Å². The van der Waals surface area contributed by atoms with Gasteiger partial charge in [-0.3, -0.25) is 4.79 Å². The summed E-state index contributed by atoms with van der Waals surface area (Å²) in [5.41, 5.74) is 0. The van der Waals surface area contributed by atoms with Gasteiger partial charge in [-0.2, -0.15) is 0 Å². The summed E-state index contributed by atoms with van der Waals surface area (Å²) in [5.74, 6) is 1.04. The van der Waals surface area contributed by atoms with E-state index in [2.05, 4.69) is 28.2 Å². The molecule has 1 saturated carbocycles. The van der Waals surface area contributed by atoms with Gasteiger partial charge in [0.2, 0.25) is 5.91 Å². The lowest BCUT2D eigenvalue weighted by Gasteiger charge is -2.28. The molecule has 0 atom stereocenters. The van der Waals surface area contributed by atoms with E-state index in [0.717, 1.165) is 5.92 Å². The summed E-state index contributed by atoms with van der Waals surface area (Å²) in [6.07, 6.45) is 7.58. The molecule has 0 aromatic heterocycles. The molecule has 0 saturated heterocycles. The molecule has 0 bridgehead atoms. The lowest BCUT2D eigenvalue weighted by Crippen LogP contribution is -2.38. The number of carbonyl (C=O) groups is 1. The van der Waals surface area contributed by atoms with E-state index in [1.165, 1.54) is 38.5 Å². The molecule has 1 rings (SSSR count). The minimum Gasteiger partial charge on any atom is -0.353 e. The molecule has 0 spiro atoms. The van der Waals surface area contributed by atoms with Gasteiger partial charge in [0.1, 0.15) is 0 Å². The summed E-state index contributed by atoms with van der Waals surface area (Å²) in [7, 11) is 0. The Balaban J connectivity index is 2.18. The van der Waals surface area contributed by atoms with Crippen LogP contribution in [0.25, 0.3) is 0 Å². The maximum Gasteiger partial charge on any atom is 0.230 e. The second kappa shape index (κ2) is 6.44. The molecule has 0 aliphatic heterocycles. The maximum absolute atomic E-state index is 11.1. The second-order valence-corrected chi connectivity index (χ2v) is 4.77. The smallest absolute Gasteiger partial charge is 0.230 e. The van der Waals surface area contributed by atoms with E-state index in [-0.39, 0.29) is 5.91 Å². The van der Waals surface area contributed by atoms with Crippen LogP contribution in [0.2, 0.25) is 0 Å². The van der Waals surface area contributed by atoms with Crippen LogP contribution in [0.5, 0.6) is 0 Å². The van der Waals surface area contributed by atoms with Crippen molar-refractivity contribution in [3.63, 3.8) is 0 Å². The molecule has 1 aliphatic rings. The molecule has 2 nitrogen and oxygen atoms in total. The van der Waals surface area contributed by atoms with Crippen LogP contribution in [0.1, 0.15) is 45.4 Å². The van der Waals surface area contributed by atoms with Crippen molar-refractivity contribution in [2.45, 2.75) is 51.5 Å². The highest BCUT2D eigenvalue weighted by Crippen LogP contribution is 2.27. The molecular formula is C11H20BrNO. The molecule has 0 aromatic rings. The van der Waals surface area contributed by atoms with E-state index in [9.17, 15) is 4.79 Å². The van der Waals surface area contributed by atoms with Crippen molar-refractivity contribution in [2.75, 3.05) is 5.33 Å². The number of amides is 1. The topological polar surface area (TPSA) is 29.1 Å². The Kier molecular flexibility index (Phi) is 5.53. The minimum atomic E-state index is 0.129. The van der Waals surface area contributed by atoms with Crippen molar-refractivity contribution >= 4 is 21.8 Å². The molecule has 3 heteroatoms. The zero-order valence-corrected chi connectivity index (χ0v) is 10.5. The van der Waals surface area contributed by atoms with Gasteiger partial charge in [-0.05, 0) is 31.6 Å². The van der Waals surface area contributed by atoms with Gasteiger partial charge in [0.25, 0.3) is 0 Å². The van der Waals surface area contributed by atoms with Gasteiger partial charge in [0.15, 0.2) is 0 Å². The zero-order chi connectivity index (χ0) is 10.4. The Morgan fingerprint density at radius 3 is 2.50 bits per heavy atom. The van der Waals surface area contributed by atoms with Gasteiger partial charge in [-0.25, -0.2) is 0 Å². The number of carbonyl (C=O) groups excluding carboxylic acids is 1. The number of rotatable bonds is 4. The normalized spacial score (nSPS) is 27.3. The van der Waals surface area contributed by atoms with E-state index in [4.69, 9.17) is 0 Å². The maximum atomic E-state index is 11.1. The van der Waals surface area contributed by atoms with Crippen LogP contribution >= 0.6 is 15.9 Å². The van der Waals surface area contributed by atoms with Gasteiger partial charge in [0, 0.05) is 6.04 Å². The van der Waals surface area contributed by atoms with Crippen LogP contribution in [0.4, 0.5) is 0 Å². The predicted molar refractivity (Wildman–Crippen MR) is 62.6 cm³/mol. The van der Waals surface area contributed by atoms with Crippen LogP contribution in [-0.4, -0.2) is 17.3 Å². The van der Waals surface area contributed by atoms with Gasteiger partial charge in [0.05, 0.1) is 5.33 Å². The predicted octanol–water partition coefficient (Wildman–Crippen LogP) is 2.86. The van der Waals surface area contributed by atoms with E-state index in [1.807, 2.05) is 0 Å². The minimum absolute atomic E-state index is 0.129. The molecule has 14 heavy (non-hydrogen) atoms. The monoisotopic (exact) mass is 261 g/mol. The van der Waals surface area contributed by atoms with Crippen molar-refractivity contribution in [2.24, 2.45) is 5.92 Å². The van der Waals surface area contributed by atoms with Crippen molar-refractivity contribution in [1.29, 1.82) is 0 Å². The number of hydrogen-bond donors (Lipinski definition) is 1. The fraction of sp³-hybridized carbons (Fsp3) is 0.909. The number of alkyl halides is 1. The zero-order valence-electron chi connectivity index (χ0n) is 8.89. The third kappa shape index (κ3) is 3.99. The van der Waals surface area contributed by atoms with Gasteiger partial charge >= 0.3 is 0 Å². The lowest BCUT2D eigenvalue weighted by atomic mass is 9.83. The molecule has 1 amide bonds. The van der Waals surface area contributed by atoms with E-state index < -0.39 is 0 Å². The number of halogens is 1. The van der Waals surface area contributed by atoms with Crippen LogP contribution in [0.3, 0.4) is 0 Å². The van der Waals surface area contributed by atoms with E-state index >= 15 is 0 Å². The Labute approximate surface area is 95.0 Å². The summed E-state index contributed by atoms with van der Waals surface area (Å²) in [5, 5.41) is 3.48. The van der Waals surface area contributed by atoms with Crippen LogP contribution < -0.4 is 5.32 Å². The summed E-state index contributed by atoms with van der Waals surface area (Å²) in [6.45, 7) is 2.25. The summed E-state index contributed by atoms with van der Waals surface area (Å²) >= 11 is 3.17. The summed E-state index contributed by atoms with van der Waals surface area (Å²) in [4.78, 5) is 11.1. The van der Waals surface area contributed by atoms with Crippen molar-refractivity contribution < 1.29 is 4.79 Å². The molecule has 0 aromatic carbocycles. The Morgan fingerprint density at radius 2 is 2.00 bits per heavy atom. The Bertz CT molecular complexity index is 176. The molecule has 1 aliphatic carbocycles. The first kappa shape index (κ1) is 12.0. The standard InChI is InChI=1S/C11H20BrNO/c1-2-3-9-4-6-10(7-5-9)13-11(14)8-12/h9-10H,2-8H2,1H3,(H,13,14). The van der Waals surface area contributed by atoms with Gasteiger partial charge in [-0.1, -0.05) is 35.7 Å². The largest absolute Gasteiger partial charge is 0.353 e. The van der Waals surface area contributed by atoms with Crippen LogP contribution in [-0.2, 0) is 4.79 Å². The first-order chi connectivity index (χ1) is 6.76. The molecule has 0 unspecified atom stereocenters.